The average molecular weight is 473 g/mol. The standard InChI is InChI=1S/C26H21ClN4O3/c1-34-25(33)23(18-5-3-2-4-6-18)31-24(32)19-9-13-21(14-10-19)29-26-28-16-15-22(30-26)17-7-11-20(27)12-8-17/h2-16,23H,1H3,(H,31,32)(H,28,29,30). The molecule has 7 nitrogen and oxygen atoms in total. The van der Waals surface area contributed by atoms with Crippen LogP contribution in [-0.4, -0.2) is 29.0 Å². The van der Waals surface area contributed by atoms with Crippen LogP contribution in [0, 0.1) is 0 Å². The second-order valence-electron chi connectivity index (χ2n) is 7.32. The number of carbonyl (C=O) groups is 2. The lowest BCUT2D eigenvalue weighted by atomic mass is 10.1. The Morgan fingerprint density at radius 2 is 1.62 bits per heavy atom. The molecule has 4 rings (SSSR count). The second-order valence-corrected chi connectivity index (χ2v) is 7.75. The lowest BCUT2D eigenvalue weighted by molar-refractivity contribution is -0.143. The monoisotopic (exact) mass is 472 g/mol. The molecular weight excluding hydrogens is 452 g/mol. The summed E-state index contributed by atoms with van der Waals surface area (Å²) < 4.78 is 4.85. The topological polar surface area (TPSA) is 93.2 Å². The number of ether oxygens (including phenoxy) is 1. The van der Waals surface area contributed by atoms with Crippen LogP contribution in [0.5, 0.6) is 0 Å². The minimum absolute atomic E-state index is 0.395. The van der Waals surface area contributed by atoms with Crippen LogP contribution in [0.1, 0.15) is 22.0 Å². The number of amides is 1. The van der Waals surface area contributed by atoms with Crippen molar-refractivity contribution in [3.63, 3.8) is 0 Å². The number of hydrogen-bond donors (Lipinski definition) is 2. The number of nitrogens with zero attached hydrogens (tertiary/aromatic N) is 2. The van der Waals surface area contributed by atoms with Crippen molar-refractivity contribution in [2.24, 2.45) is 0 Å². The van der Waals surface area contributed by atoms with E-state index in [4.69, 9.17) is 16.3 Å². The fraction of sp³-hybridized carbons (Fsp3) is 0.0769. The highest BCUT2D eigenvalue weighted by molar-refractivity contribution is 6.30. The summed E-state index contributed by atoms with van der Waals surface area (Å²) in [5.41, 5.74) is 3.41. The number of esters is 1. The summed E-state index contributed by atoms with van der Waals surface area (Å²) in [6.07, 6.45) is 1.66. The van der Waals surface area contributed by atoms with E-state index in [0.29, 0.717) is 27.8 Å². The molecule has 1 atom stereocenters. The van der Waals surface area contributed by atoms with Gasteiger partial charge in [-0.05, 0) is 48.0 Å². The Balaban J connectivity index is 1.46. The number of nitrogens with one attached hydrogen (secondary N) is 2. The summed E-state index contributed by atoms with van der Waals surface area (Å²) >= 11 is 5.96. The van der Waals surface area contributed by atoms with Crippen LogP contribution < -0.4 is 10.6 Å². The van der Waals surface area contributed by atoms with E-state index in [-0.39, 0.29) is 0 Å². The van der Waals surface area contributed by atoms with Gasteiger partial charge in [0.25, 0.3) is 5.91 Å². The van der Waals surface area contributed by atoms with Gasteiger partial charge in [-0.3, -0.25) is 4.79 Å². The first-order chi connectivity index (χ1) is 16.5. The van der Waals surface area contributed by atoms with Gasteiger partial charge in [-0.1, -0.05) is 54.1 Å². The highest BCUT2D eigenvalue weighted by atomic mass is 35.5. The van der Waals surface area contributed by atoms with E-state index in [1.54, 1.807) is 66.9 Å². The molecule has 0 saturated heterocycles. The predicted molar refractivity (Wildman–Crippen MR) is 131 cm³/mol. The Morgan fingerprint density at radius 3 is 2.29 bits per heavy atom. The van der Waals surface area contributed by atoms with Gasteiger partial charge in [0.1, 0.15) is 0 Å². The molecule has 1 unspecified atom stereocenters. The zero-order chi connectivity index (χ0) is 23.9. The second kappa shape index (κ2) is 10.6. The Bertz CT molecular complexity index is 1280. The largest absolute Gasteiger partial charge is 0.467 e. The van der Waals surface area contributed by atoms with E-state index >= 15 is 0 Å². The first-order valence-corrected chi connectivity index (χ1v) is 10.8. The molecule has 0 aliphatic heterocycles. The van der Waals surface area contributed by atoms with Crippen LogP contribution in [0.25, 0.3) is 11.3 Å². The quantitative estimate of drug-likeness (QED) is 0.360. The van der Waals surface area contributed by atoms with Crippen LogP contribution in [0.4, 0.5) is 11.6 Å². The number of methoxy groups -OCH3 is 1. The van der Waals surface area contributed by atoms with Crippen molar-refractivity contribution in [2.75, 3.05) is 12.4 Å². The smallest absolute Gasteiger partial charge is 0.333 e. The van der Waals surface area contributed by atoms with Gasteiger partial charge in [0.2, 0.25) is 5.95 Å². The molecule has 0 aliphatic rings. The maximum Gasteiger partial charge on any atom is 0.333 e. The number of hydrogen-bond acceptors (Lipinski definition) is 6. The maximum absolute atomic E-state index is 12.8. The van der Waals surface area contributed by atoms with Gasteiger partial charge in [-0.15, -0.1) is 0 Å². The molecule has 1 heterocycles. The Labute approximate surface area is 201 Å². The molecule has 0 aliphatic carbocycles. The van der Waals surface area contributed by atoms with E-state index < -0.39 is 17.9 Å². The molecule has 8 heteroatoms. The van der Waals surface area contributed by atoms with Crippen molar-refractivity contribution >= 4 is 35.1 Å². The van der Waals surface area contributed by atoms with Crippen LogP contribution in [-0.2, 0) is 9.53 Å². The van der Waals surface area contributed by atoms with Crippen molar-refractivity contribution in [1.29, 1.82) is 0 Å². The Kier molecular flexibility index (Phi) is 7.15. The SMILES string of the molecule is COC(=O)C(NC(=O)c1ccc(Nc2nccc(-c3ccc(Cl)cc3)n2)cc1)c1ccccc1. The van der Waals surface area contributed by atoms with Gasteiger partial charge in [0.05, 0.1) is 12.8 Å². The molecule has 1 amide bonds. The summed E-state index contributed by atoms with van der Waals surface area (Å²) in [6.45, 7) is 0. The Hall–Kier alpha value is -4.23. The summed E-state index contributed by atoms with van der Waals surface area (Å²) in [4.78, 5) is 33.8. The molecular formula is C26H21ClN4O3. The number of aromatic nitrogens is 2. The highest BCUT2D eigenvalue weighted by Gasteiger charge is 2.23. The van der Waals surface area contributed by atoms with Gasteiger partial charge < -0.3 is 15.4 Å². The van der Waals surface area contributed by atoms with Crippen LogP contribution in [0.15, 0.2) is 91.1 Å². The van der Waals surface area contributed by atoms with Crippen molar-refractivity contribution < 1.29 is 14.3 Å². The molecule has 0 bridgehead atoms. The van der Waals surface area contributed by atoms with Crippen molar-refractivity contribution in [2.45, 2.75) is 6.04 Å². The molecule has 0 radical (unpaired) electrons. The number of anilines is 2. The predicted octanol–water partition coefficient (Wildman–Crippen LogP) is 5.18. The zero-order valence-electron chi connectivity index (χ0n) is 18.2. The first-order valence-electron chi connectivity index (χ1n) is 10.4. The normalized spacial score (nSPS) is 11.4. The summed E-state index contributed by atoms with van der Waals surface area (Å²) in [5, 5.41) is 6.52. The van der Waals surface area contributed by atoms with Gasteiger partial charge in [0, 0.05) is 28.0 Å². The van der Waals surface area contributed by atoms with Gasteiger partial charge in [-0.25, -0.2) is 14.8 Å². The summed E-state index contributed by atoms with van der Waals surface area (Å²) in [6, 6.07) is 24.0. The van der Waals surface area contributed by atoms with Crippen LogP contribution in [0.3, 0.4) is 0 Å². The van der Waals surface area contributed by atoms with E-state index in [1.165, 1.54) is 7.11 Å². The molecule has 34 heavy (non-hydrogen) atoms. The van der Waals surface area contributed by atoms with E-state index in [0.717, 1.165) is 11.3 Å². The van der Waals surface area contributed by atoms with Gasteiger partial charge in [-0.2, -0.15) is 0 Å². The highest BCUT2D eigenvalue weighted by Crippen LogP contribution is 2.22. The lowest BCUT2D eigenvalue weighted by Gasteiger charge is -2.17. The van der Waals surface area contributed by atoms with Gasteiger partial charge in [0.15, 0.2) is 6.04 Å². The third-order valence-electron chi connectivity index (χ3n) is 5.04. The molecule has 0 fully saturated rings. The van der Waals surface area contributed by atoms with E-state index in [1.807, 2.05) is 24.3 Å². The lowest BCUT2D eigenvalue weighted by Crippen LogP contribution is -2.34. The molecule has 4 aromatic rings. The number of carbonyl (C=O) groups excluding carboxylic acids is 2. The summed E-state index contributed by atoms with van der Waals surface area (Å²) in [7, 11) is 1.29. The van der Waals surface area contributed by atoms with Crippen LogP contribution >= 0.6 is 11.6 Å². The molecule has 0 spiro atoms. The average Bonchev–Trinajstić information content (AvgIpc) is 2.88. The molecule has 0 saturated carbocycles. The number of halogens is 1. The molecule has 2 N–H and O–H groups in total. The van der Waals surface area contributed by atoms with Crippen LogP contribution in [0.2, 0.25) is 5.02 Å². The third kappa shape index (κ3) is 5.57. The van der Waals surface area contributed by atoms with Crippen molar-refractivity contribution in [1.82, 2.24) is 15.3 Å². The molecule has 3 aromatic carbocycles. The minimum atomic E-state index is -0.902. The fourth-order valence-electron chi connectivity index (χ4n) is 3.29. The zero-order valence-corrected chi connectivity index (χ0v) is 19.0. The van der Waals surface area contributed by atoms with Crippen molar-refractivity contribution in [3.8, 4) is 11.3 Å². The van der Waals surface area contributed by atoms with Gasteiger partial charge >= 0.3 is 5.97 Å². The molecule has 1 aromatic heterocycles. The van der Waals surface area contributed by atoms with Crippen molar-refractivity contribution in [3.05, 3.63) is 107 Å². The molecule has 170 valence electrons. The number of benzene rings is 3. The third-order valence-corrected chi connectivity index (χ3v) is 5.30. The summed E-state index contributed by atoms with van der Waals surface area (Å²) in [5.74, 6) is -0.526. The minimum Gasteiger partial charge on any atom is -0.467 e. The number of rotatable bonds is 7. The van der Waals surface area contributed by atoms with E-state index in [2.05, 4.69) is 20.6 Å². The fourth-order valence-corrected chi connectivity index (χ4v) is 3.42. The Morgan fingerprint density at radius 1 is 0.912 bits per heavy atom. The maximum atomic E-state index is 12.8. The van der Waals surface area contributed by atoms with E-state index in [9.17, 15) is 9.59 Å². The first kappa shape index (κ1) is 22.9.